The van der Waals surface area contributed by atoms with Crippen molar-refractivity contribution < 1.29 is 5.11 Å². The maximum Gasteiger partial charge on any atom is 0.164 e. The van der Waals surface area contributed by atoms with E-state index in [0.717, 1.165) is 33.2 Å². The van der Waals surface area contributed by atoms with Gasteiger partial charge in [0.05, 0.1) is 0 Å². The van der Waals surface area contributed by atoms with Crippen LogP contribution in [0.2, 0.25) is 0 Å². The molecule has 5 nitrogen and oxygen atoms in total. The number of hydrogen-bond acceptors (Lipinski definition) is 5. The van der Waals surface area contributed by atoms with E-state index >= 15 is 0 Å². The molecule has 0 bridgehead atoms. The Morgan fingerprint density at radius 1 is 0.415 bits per heavy atom. The van der Waals surface area contributed by atoms with Crippen LogP contribution in [0.3, 0.4) is 0 Å². The van der Waals surface area contributed by atoms with Crippen LogP contribution < -0.4 is 0 Å². The predicted molar refractivity (Wildman–Crippen MR) is 214 cm³/mol. The Bertz CT molecular complexity index is 2730. The minimum Gasteiger partial charge on any atom is -0.506 e. The third-order valence-electron chi connectivity index (χ3n) is 11.5. The smallest absolute Gasteiger partial charge is 0.164 e. The Morgan fingerprint density at radius 3 is 1.45 bits per heavy atom. The molecule has 5 heteroatoms. The second kappa shape index (κ2) is 11.3. The van der Waals surface area contributed by atoms with Crippen LogP contribution in [0.5, 0.6) is 5.75 Å². The fraction of sp³-hybridized carbons (Fsp3) is 0.125. The van der Waals surface area contributed by atoms with Gasteiger partial charge in [0.15, 0.2) is 17.5 Å². The molecule has 0 amide bonds. The summed E-state index contributed by atoms with van der Waals surface area (Å²) in [6.07, 6.45) is 1.73. The molecular weight excluding hydrogens is 649 g/mol. The normalized spacial score (nSPS) is 14.4. The maximum absolute atomic E-state index is 10.5. The second-order valence-electron chi connectivity index (χ2n) is 15.3. The number of nitrogens with zero attached hydrogens (tertiary/aromatic N) is 4. The number of aromatic hydroxyl groups is 1. The lowest BCUT2D eigenvalue weighted by Gasteiger charge is -2.24. The van der Waals surface area contributed by atoms with Gasteiger partial charge >= 0.3 is 0 Å². The first-order valence-corrected chi connectivity index (χ1v) is 18.1. The summed E-state index contributed by atoms with van der Waals surface area (Å²) in [7, 11) is 0. The molecule has 0 spiro atoms. The van der Waals surface area contributed by atoms with Gasteiger partial charge in [-0.25, -0.2) is 15.0 Å². The number of phenolic OH excluding ortho intramolecular Hbond substituents is 1. The Hall–Kier alpha value is -6.46. The van der Waals surface area contributed by atoms with Crippen LogP contribution in [-0.2, 0) is 10.8 Å². The summed E-state index contributed by atoms with van der Waals surface area (Å²) in [4.78, 5) is 19.4. The molecule has 2 aromatic heterocycles. The highest BCUT2D eigenvalue weighted by atomic mass is 16.3. The van der Waals surface area contributed by atoms with E-state index in [-0.39, 0.29) is 16.6 Å². The van der Waals surface area contributed by atoms with E-state index in [9.17, 15) is 5.11 Å². The first-order chi connectivity index (χ1) is 25.7. The molecule has 53 heavy (non-hydrogen) atoms. The lowest BCUT2D eigenvalue weighted by molar-refractivity contribution is 0.480. The average molecular weight is 685 g/mol. The van der Waals surface area contributed by atoms with Gasteiger partial charge in [-0.15, -0.1) is 0 Å². The Balaban J connectivity index is 1.07. The minimum atomic E-state index is -0.238. The van der Waals surface area contributed by atoms with E-state index in [2.05, 4.69) is 81.2 Å². The van der Waals surface area contributed by atoms with Gasteiger partial charge in [-0.3, -0.25) is 4.98 Å². The molecule has 2 aliphatic carbocycles. The fourth-order valence-corrected chi connectivity index (χ4v) is 8.62. The monoisotopic (exact) mass is 684 g/mol. The lowest BCUT2D eigenvalue weighted by atomic mass is 9.79. The molecule has 0 saturated heterocycles. The molecule has 8 aromatic rings. The van der Waals surface area contributed by atoms with Gasteiger partial charge in [0.2, 0.25) is 0 Å². The number of fused-ring (bicyclic) bond motifs is 7. The van der Waals surface area contributed by atoms with Gasteiger partial charge in [0.25, 0.3) is 0 Å². The molecule has 254 valence electrons. The topological polar surface area (TPSA) is 71.8 Å². The minimum absolute atomic E-state index is 0.199. The molecule has 10 rings (SSSR count). The highest BCUT2D eigenvalue weighted by molar-refractivity contribution is 5.99. The Labute approximate surface area is 308 Å². The van der Waals surface area contributed by atoms with E-state index < -0.39 is 0 Å². The zero-order valence-corrected chi connectivity index (χ0v) is 30.0. The van der Waals surface area contributed by atoms with E-state index in [1.165, 1.54) is 44.5 Å². The van der Waals surface area contributed by atoms with Gasteiger partial charge in [-0.05, 0) is 98.1 Å². The number of pyridine rings is 1. The zero-order valence-electron chi connectivity index (χ0n) is 30.0. The third-order valence-corrected chi connectivity index (χ3v) is 11.5. The van der Waals surface area contributed by atoms with Crippen molar-refractivity contribution in [2.75, 3.05) is 0 Å². The summed E-state index contributed by atoms with van der Waals surface area (Å²) in [6, 6.07) is 46.4. The van der Waals surface area contributed by atoms with E-state index in [4.69, 9.17) is 15.0 Å². The Morgan fingerprint density at radius 2 is 0.887 bits per heavy atom. The number of aromatic nitrogens is 4. The average Bonchev–Trinajstić information content (AvgIpc) is 3.56. The molecule has 2 heterocycles. The molecule has 0 radical (unpaired) electrons. The van der Waals surface area contributed by atoms with Gasteiger partial charge < -0.3 is 5.11 Å². The molecule has 1 N–H and O–H groups in total. The van der Waals surface area contributed by atoms with Gasteiger partial charge in [0, 0.05) is 39.1 Å². The summed E-state index contributed by atoms with van der Waals surface area (Å²) in [5, 5.41) is 11.4. The number of rotatable bonds is 4. The van der Waals surface area contributed by atoms with Gasteiger partial charge in [0.1, 0.15) is 11.3 Å². The van der Waals surface area contributed by atoms with Crippen molar-refractivity contribution in [1.29, 1.82) is 0 Å². The van der Waals surface area contributed by atoms with Crippen molar-refractivity contribution >= 4 is 10.9 Å². The van der Waals surface area contributed by atoms with Crippen LogP contribution in [0.1, 0.15) is 49.9 Å². The molecule has 0 fully saturated rings. The summed E-state index contributed by atoms with van der Waals surface area (Å²) in [6.45, 7) is 9.34. The summed E-state index contributed by atoms with van der Waals surface area (Å²) >= 11 is 0. The quantitative estimate of drug-likeness (QED) is 0.200. The third kappa shape index (κ3) is 4.70. The molecule has 0 aliphatic heterocycles. The molecule has 0 unspecified atom stereocenters. The number of benzene rings is 6. The van der Waals surface area contributed by atoms with E-state index in [1.807, 2.05) is 78.9 Å². The second-order valence-corrected chi connectivity index (χ2v) is 15.3. The van der Waals surface area contributed by atoms with Crippen molar-refractivity contribution in [1.82, 2.24) is 19.9 Å². The predicted octanol–water partition coefficient (Wildman–Crippen LogP) is 11.4. The van der Waals surface area contributed by atoms with Crippen molar-refractivity contribution in [3.8, 4) is 73.3 Å². The van der Waals surface area contributed by atoms with Crippen molar-refractivity contribution in [2.24, 2.45) is 0 Å². The van der Waals surface area contributed by atoms with Gasteiger partial charge in [-0.1, -0.05) is 119 Å². The molecular formula is C48H36N4O. The largest absolute Gasteiger partial charge is 0.506 e. The molecule has 6 aromatic carbocycles. The summed E-state index contributed by atoms with van der Waals surface area (Å²) < 4.78 is 0. The van der Waals surface area contributed by atoms with Crippen LogP contribution in [0, 0.1) is 0 Å². The van der Waals surface area contributed by atoms with Crippen molar-refractivity contribution in [3.05, 3.63) is 162 Å². The SMILES string of the molecule is CC1(C)c2cc(-c3nc(-c4ccccc4)nc(-c4ccccc4)n3)ccc2-c2cc3c(cc21)-c1ccc(-c2ccc(O)c4ncccc24)cc1C3(C)C. The van der Waals surface area contributed by atoms with Crippen molar-refractivity contribution in [3.63, 3.8) is 0 Å². The summed E-state index contributed by atoms with van der Waals surface area (Å²) in [5.74, 6) is 2.18. The van der Waals surface area contributed by atoms with Crippen LogP contribution in [0.4, 0.5) is 0 Å². The number of hydrogen-bond donors (Lipinski definition) is 1. The standard InChI is InChI=1S/C48H36N4O/c1-47(2)38-24-30(32-21-22-42(53)43-35(32)16-11-23-49-43)17-19-33(38)36-26-41-37(27-40(36)47)34-20-18-31(25-39(34)48(41,3)4)46-51-44(28-12-7-5-8-13-28)50-45(52-46)29-14-9-6-10-15-29/h5-27,53H,1-4H3. The maximum atomic E-state index is 10.5. The fourth-order valence-electron chi connectivity index (χ4n) is 8.62. The van der Waals surface area contributed by atoms with Crippen LogP contribution >= 0.6 is 0 Å². The van der Waals surface area contributed by atoms with Gasteiger partial charge in [-0.2, -0.15) is 0 Å². The first-order valence-electron chi connectivity index (χ1n) is 18.1. The lowest BCUT2D eigenvalue weighted by Crippen LogP contribution is -2.17. The molecule has 0 saturated carbocycles. The number of phenols is 1. The molecule has 2 aliphatic rings. The van der Waals surface area contributed by atoms with E-state index in [1.54, 1.807) is 12.3 Å². The zero-order chi connectivity index (χ0) is 36.1. The summed E-state index contributed by atoms with van der Waals surface area (Å²) in [5.41, 5.74) is 15.6. The van der Waals surface area contributed by atoms with Crippen LogP contribution in [0.15, 0.2) is 140 Å². The van der Waals surface area contributed by atoms with Crippen molar-refractivity contribution in [2.45, 2.75) is 38.5 Å². The van der Waals surface area contributed by atoms with Crippen LogP contribution in [-0.4, -0.2) is 25.0 Å². The van der Waals surface area contributed by atoms with Crippen LogP contribution in [0.25, 0.3) is 78.4 Å². The highest BCUT2D eigenvalue weighted by Gasteiger charge is 2.42. The van der Waals surface area contributed by atoms with E-state index in [0.29, 0.717) is 23.0 Å². The highest BCUT2D eigenvalue weighted by Crippen LogP contribution is 2.57. The molecule has 0 atom stereocenters. The Kier molecular flexibility index (Phi) is 6.65. The first kappa shape index (κ1) is 31.3.